The maximum absolute atomic E-state index is 15.2. The van der Waals surface area contributed by atoms with E-state index in [2.05, 4.69) is 42.1 Å². The van der Waals surface area contributed by atoms with Gasteiger partial charge in [0.1, 0.15) is 17.6 Å². The number of carbonyl (C=O) groups is 4. The predicted molar refractivity (Wildman–Crippen MR) is 195 cm³/mol. The van der Waals surface area contributed by atoms with Crippen LogP contribution in [0, 0.1) is 5.82 Å². The third-order valence-electron chi connectivity index (χ3n) is 9.54. The van der Waals surface area contributed by atoms with Crippen LogP contribution in [0.5, 0.6) is 0 Å². The smallest absolute Gasteiger partial charge is 0.255 e. The molecule has 0 bridgehead atoms. The van der Waals surface area contributed by atoms with E-state index in [0.717, 1.165) is 33.4 Å². The zero-order valence-electron chi connectivity index (χ0n) is 28.9. The van der Waals surface area contributed by atoms with Crippen LogP contribution in [0.2, 0.25) is 0 Å². The van der Waals surface area contributed by atoms with Gasteiger partial charge >= 0.3 is 0 Å². The molecule has 272 valence electrons. The molecular formula is C39H34FN9O5. The fourth-order valence-electron chi connectivity index (χ4n) is 6.82. The quantitative estimate of drug-likeness (QED) is 0.125. The fraction of sp³-hybridized carbons (Fsp3) is 0.231. The number of ether oxygens (including phenoxy) is 1. The fourth-order valence-corrected chi connectivity index (χ4v) is 6.82. The van der Waals surface area contributed by atoms with Gasteiger partial charge in [-0.2, -0.15) is 5.10 Å². The van der Waals surface area contributed by atoms with E-state index in [-0.39, 0.29) is 43.5 Å². The van der Waals surface area contributed by atoms with Crippen LogP contribution in [-0.4, -0.2) is 85.4 Å². The van der Waals surface area contributed by atoms with E-state index in [9.17, 15) is 19.2 Å². The number of piperidine rings is 1. The number of aromatic nitrogens is 5. The number of rotatable bonds is 12. The third kappa shape index (κ3) is 6.96. The molecule has 1 saturated heterocycles. The van der Waals surface area contributed by atoms with Crippen molar-refractivity contribution in [2.75, 3.05) is 31.6 Å². The number of pyridine rings is 1. The van der Waals surface area contributed by atoms with Crippen LogP contribution in [0.4, 0.5) is 10.1 Å². The van der Waals surface area contributed by atoms with Crippen LogP contribution < -0.4 is 16.0 Å². The number of fused-ring (bicyclic) bond motifs is 3. The minimum atomic E-state index is -0.697. The van der Waals surface area contributed by atoms with Gasteiger partial charge in [-0.1, -0.05) is 24.3 Å². The van der Waals surface area contributed by atoms with Gasteiger partial charge in [-0.25, -0.2) is 18.9 Å². The molecule has 6 aromatic rings. The van der Waals surface area contributed by atoms with E-state index in [0.29, 0.717) is 48.6 Å². The lowest BCUT2D eigenvalue weighted by molar-refractivity contribution is -0.136. The summed E-state index contributed by atoms with van der Waals surface area (Å²) in [7, 11) is 0. The lowest BCUT2D eigenvalue weighted by atomic mass is 10.0. The Balaban J connectivity index is 0.817. The Labute approximate surface area is 307 Å². The van der Waals surface area contributed by atoms with Crippen molar-refractivity contribution < 1.29 is 28.3 Å². The van der Waals surface area contributed by atoms with Gasteiger partial charge in [-0.3, -0.25) is 29.5 Å². The average Bonchev–Trinajstić information content (AvgIpc) is 3.74. The number of halogens is 1. The van der Waals surface area contributed by atoms with Crippen LogP contribution in [0.15, 0.2) is 85.3 Å². The predicted octanol–water partition coefficient (Wildman–Crippen LogP) is 3.69. The molecule has 2 aliphatic heterocycles. The van der Waals surface area contributed by atoms with Gasteiger partial charge in [0.15, 0.2) is 0 Å². The van der Waals surface area contributed by atoms with E-state index in [4.69, 9.17) is 4.74 Å². The highest BCUT2D eigenvalue weighted by molar-refractivity contribution is 6.06. The number of hydrogen-bond donors (Lipinski definition) is 3. The highest BCUT2D eigenvalue weighted by Crippen LogP contribution is 2.32. The molecular weight excluding hydrogens is 693 g/mol. The summed E-state index contributed by atoms with van der Waals surface area (Å²) >= 11 is 0. The lowest BCUT2D eigenvalue weighted by Gasteiger charge is -2.29. The Kier molecular flexibility index (Phi) is 9.44. The summed E-state index contributed by atoms with van der Waals surface area (Å²) in [6.45, 7) is 1.34. The molecule has 2 aliphatic rings. The molecule has 0 aliphatic carbocycles. The van der Waals surface area contributed by atoms with Gasteiger partial charge in [0.2, 0.25) is 11.8 Å². The Morgan fingerprint density at radius 1 is 0.963 bits per heavy atom. The maximum Gasteiger partial charge on any atom is 0.255 e. The van der Waals surface area contributed by atoms with Crippen molar-refractivity contribution in [2.24, 2.45) is 0 Å². The molecule has 5 heterocycles. The van der Waals surface area contributed by atoms with Crippen LogP contribution in [-0.2, 0) is 27.3 Å². The molecule has 15 heteroatoms. The number of imide groups is 1. The van der Waals surface area contributed by atoms with Crippen molar-refractivity contribution in [3.63, 3.8) is 0 Å². The summed E-state index contributed by atoms with van der Waals surface area (Å²) < 4.78 is 22.5. The van der Waals surface area contributed by atoms with Crippen LogP contribution in [0.3, 0.4) is 0 Å². The highest BCUT2D eigenvalue weighted by atomic mass is 19.1. The topological polar surface area (TPSA) is 173 Å². The molecule has 1 atom stereocenters. The molecule has 3 aromatic heterocycles. The monoisotopic (exact) mass is 727 g/mol. The molecule has 1 unspecified atom stereocenters. The van der Waals surface area contributed by atoms with Crippen molar-refractivity contribution in [3.8, 4) is 11.3 Å². The number of nitrogens with zero attached hydrogens (tertiary/aromatic N) is 6. The van der Waals surface area contributed by atoms with Crippen molar-refractivity contribution in [1.29, 1.82) is 0 Å². The molecule has 0 spiro atoms. The van der Waals surface area contributed by atoms with Crippen LogP contribution in [0.1, 0.15) is 50.4 Å². The first-order valence-corrected chi connectivity index (χ1v) is 17.5. The van der Waals surface area contributed by atoms with E-state index >= 15 is 4.39 Å². The number of carbonyl (C=O) groups excluding carboxylic acids is 4. The van der Waals surface area contributed by atoms with Gasteiger partial charge < -0.3 is 20.3 Å². The zero-order chi connectivity index (χ0) is 37.2. The molecule has 14 nitrogen and oxygen atoms in total. The number of anilines is 1. The van der Waals surface area contributed by atoms with E-state index in [1.54, 1.807) is 35.1 Å². The summed E-state index contributed by atoms with van der Waals surface area (Å²) in [4.78, 5) is 64.4. The standard InChI is InChI=1S/C39H34FN9O5/c40-30-19-25(33-21-45-39-44-20-26(49(39)47-33)18-23-6-9-31-24(17-23)3-2-12-41-31)7-8-28(30)36(51)43-14-16-54-15-13-42-32-5-1-4-27-29(32)22-48(38(27)53)34-10-11-35(50)46-37(34)52/h1-9,12,17,19-21,34,42H,10-11,13-16,18,22H2,(H,43,51)(H,46,50,52). The van der Waals surface area contributed by atoms with Crippen molar-refractivity contribution in [3.05, 3.63) is 119 Å². The lowest BCUT2D eigenvalue weighted by Crippen LogP contribution is -2.52. The Morgan fingerprint density at radius 3 is 2.70 bits per heavy atom. The van der Waals surface area contributed by atoms with Gasteiger partial charge in [-0.15, -0.1) is 0 Å². The first-order chi connectivity index (χ1) is 26.3. The first-order valence-electron chi connectivity index (χ1n) is 17.5. The summed E-state index contributed by atoms with van der Waals surface area (Å²) in [6, 6.07) is 18.9. The normalized spacial score (nSPS) is 15.5. The Morgan fingerprint density at radius 2 is 1.83 bits per heavy atom. The first kappa shape index (κ1) is 34.5. The number of hydrogen-bond acceptors (Lipinski definition) is 10. The minimum absolute atomic E-state index is 0.109. The maximum atomic E-state index is 15.2. The van der Waals surface area contributed by atoms with E-state index < -0.39 is 23.7 Å². The average molecular weight is 728 g/mol. The van der Waals surface area contributed by atoms with Crippen molar-refractivity contribution in [1.82, 2.24) is 40.1 Å². The molecule has 0 saturated carbocycles. The second kappa shape index (κ2) is 14.8. The van der Waals surface area contributed by atoms with Crippen LogP contribution >= 0.6 is 0 Å². The second-order valence-corrected chi connectivity index (χ2v) is 13.0. The summed E-state index contributed by atoms with van der Waals surface area (Å²) in [6.07, 6.45) is 6.04. The number of nitrogens with one attached hydrogen (secondary N) is 3. The molecule has 4 amide bonds. The number of amides is 4. The minimum Gasteiger partial charge on any atom is -0.382 e. The van der Waals surface area contributed by atoms with E-state index in [1.165, 1.54) is 23.2 Å². The summed E-state index contributed by atoms with van der Waals surface area (Å²) in [5, 5.41) is 14.0. The zero-order valence-corrected chi connectivity index (χ0v) is 28.9. The van der Waals surface area contributed by atoms with Gasteiger partial charge in [0.25, 0.3) is 17.6 Å². The highest BCUT2D eigenvalue weighted by Gasteiger charge is 2.39. The Hall–Kier alpha value is -6.61. The van der Waals surface area contributed by atoms with E-state index in [1.807, 2.05) is 30.3 Å². The number of benzene rings is 3. The SMILES string of the molecule is O=C1CCC(N2Cc3c(NCCOCCNC(=O)c4ccc(-c5cnc6ncc(Cc7ccc8ncccc8c7)n6n5)cc4F)cccc3C2=O)C(=O)N1. The molecule has 3 aromatic carbocycles. The third-order valence-corrected chi connectivity index (χ3v) is 9.54. The van der Waals surface area contributed by atoms with Crippen LogP contribution in [0.25, 0.3) is 27.9 Å². The summed E-state index contributed by atoms with van der Waals surface area (Å²) in [5.74, 6) is -1.88. The largest absolute Gasteiger partial charge is 0.382 e. The van der Waals surface area contributed by atoms with Gasteiger partial charge in [-0.05, 0) is 54.4 Å². The molecule has 8 rings (SSSR count). The molecule has 1 fully saturated rings. The number of imidazole rings is 1. The van der Waals surface area contributed by atoms with Crippen molar-refractivity contribution >= 4 is 46.0 Å². The van der Waals surface area contributed by atoms with Gasteiger partial charge in [0.05, 0.1) is 42.4 Å². The van der Waals surface area contributed by atoms with Gasteiger partial charge in [0, 0.05) is 66.4 Å². The summed E-state index contributed by atoms with van der Waals surface area (Å²) in [5.41, 5.74) is 5.61. The second-order valence-electron chi connectivity index (χ2n) is 13.0. The van der Waals surface area contributed by atoms with Crippen molar-refractivity contribution in [2.45, 2.75) is 31.8 Å². The molecule has 3 N–H and O–H groups in total. The molecule has 54 heavy (non-hydrogen) atoms. The molecule has 0 radical (unpaired) electrons. The Bertz CT molecular complexity index is 2450.